The van der Waals surface area contributed by atoms with Crippen molar-refractivity contribution in [2.24, 2.45) is 0 Å². The molecule has 28 heavy (non-hydrogen) atoms. The number of amides is 2. The van der Waals surface area contributed by atoms with Gasteiger partial charge in [-0.25, -0.2) is 0 Å². The van der Waals surface area contributed by atoms with Crippen molar-refractivity contribution in [1.29, 1.82) is 0 Å². The van der Waals surface area contributed by atoms with Crippen molar-refractivity contribution in [2.75, 3.05) is 34.8 Å². The van der Waals surface area contributed by atoms with Crippen molar-refractivity contribution < 1.29 is 9.59 Å². The van der Waals surface area contributed by atoms with E-state index >= 15 is 0 Å². The van der Waals surface area contributed by atoms with E-state index < -0.39 is 0 Å². The molecular weight excluding hydrogens is 350 g/mol. The fourth-order valence-corrected chi connectivity index (χ4v) is 3.11. The lowest BCUT2D eigenvalue weighted by atomic mass is 10.0. The Bertz CT molecular complexity index is 778. The van der Waals surface area contributed by atoms with Crippen LogP contribution in [0.1, 0.15) is 46.1 Å². The predicted octanol–water partition coefficient (Wildman–Crippen LogP) is 4.65. The van der Waals surface area contributed by atoms with Gasteiger partial charge in [-0.15, -0.1) is 0 Å². The quantitative estimate of drug-likeness (QED) is 0.724. The molecule has 0 aromatic heterocycles. The summed E-state index contributed by atoms with van der Waals surface area (Å²) in [5.41, 5.74) is 3.77. The minimum atomic E-state index is -0.222. The molecule has 0 heterocycles. The van der Waals surface area contributed by atoms with E-state index in [1.807, 2.05) is 48.5 Å². The van der Waals surface area contributed by atoms with Gasteiger partial charge in [0, 0.05) is 37.1 Å². The molecule has 0 fully saturated rings. The summed E-state index contributed by atoms with van der Waals surface area (Å²) in [7, 11) is 0. The predicted molar refractivity (Wildman–Crippen MR) is 117 cm³/mol. The molecule has 0 saturated heterocycles. The summed E-state index contributed by atoms with van der Waals surface area (Å²) in [6, 6.07) is 15.6. The maximum atomic E-state index is 12.5. The molecule has 2 amide bonds. The van der Waals surface area contributed by atoms with Crippen LogP contribution in [0.4, 0.5) is 17.1 Å². The van der Waals surface area contributed by atoms with E-state index in [2.05, 4.69) is 37.9 Å². The lowest BCUT2D eigenvalue weighted by Crippen LogP contribution is -2.36. The Kier molecular flexibility index (Phi) is 7.61. The zero-order valence-electron chi connectivity index (χ0n) is 17.5. The van der Waals surface area contributed by atoms with Gasteiger partial charge in [-0.1, -0.05) is 26.0 Å². The van der Waals surface area contributed by atoms with Gasteiger partial charge in [0.2, 0.25) is 11.8 Å². The van der Waals surface area contributed by atoms with Gasteiger partial charge in [0.15, 0.2) is 0 Å². The van der Waals surface area contributed by atoms with Crippen LogP contribution in [0.5, 0.6) is 0 Å². The Morgan fingerprint density at radius 1 is 0.893 bits per heavy atom. The fraction of sp³-hybridized carbons (Fsp3) is 0.391. The standard InChI is InChI=1S/C23H31N3O2/c1-6-25(7-2)21-12-14-22(15-13-21)26(18(5)27)16-23(28)24-20-10-8-19(9-11-20)17(3)4/h8-15,17H,6-7,16H2,1-5H3,(H,24,28). The Labute approximate surface area is 168 Å². The molecule has 0 saturated carbocycles. The number of rotatable bonds is 8. The summed E-state index contributed by atoms with van der Waals surface area (Å²) in [6.45, 7) is 11.8. The van der Waals surface area contributed by atoms with Gasteiger partial charge >= 0.3 is 0 Å². The van der Waals surface area contributed by atoms with E-state index in [-0.39, 0.29) is 18.4 Å². The highest BCUT2D eigenvalue weighted by Crippen LogP contribution is 2.21. The fourth-order valence-electron chi connectivity index (χ4n) is 3.11. The minimum Gasteiger partial charge on any atom is -0.372 e. The molecule has 1 N–H and O–H groups in total. The first-order valence-corrected chi connectivity index (χ1v) is 9.88. The van der Waals surface area contributed by atoms with Crippen LogP contribution in [0, 0.1) is 0 Å². The number of nitrogens with zero attached hydrogens (tertiary/aromatic N) is 2. The molecule has 0 aliphatic heterocycles. The second kappa shape index (κ2) is 9.93. The van der Waals surface area contributed by atoms with Crippen molar-refractivity contribution in [2.45, 2.75) is 40.5 Å². The van der Waals surface area contributed by atoms with Crippen LogP contribution < -0.4 is 15.1 Å². The molecule has 2 rings (SSSR count). The average molecular weight is 382 g/mol. The van der Waals surface area contributed by atoms with Crippen molar-refractivity contribution in [1.82, 2.24) is 0 Å². The number of hydrogen-bond acceptors (Lipinski definition) is 3. The number of hydrogen-bond donors (Lipinski definition) is 1. The summed E-state index contributed by atoms with van der Waals surface area (Å²) >= 11 is 0. The topological polar surface area (TPSA) is 52.6 Å². The van der Waals surface area contributed by atoms with Crippen LogP contribution in [0.15, 0.2) is 48.5 Å². The van der Waals surface area contributed by atoms with E-state index in [4.69, 9.17) is 0 Å². The Morgan fingerprint density at radius 2 is 1.43 bits per heavy atom. The van der Waals surface area contributed by atoms with Crippen LogP contribution in [0.25, 0.3) is 0 Å². The molecular formula is C23H31N3O2. The first kappa shape index (κ1) is 21.5. The highest BCUT2D eigenvalue weighted by atomic mass is 16.2. The largest absolute Gasteiger partial charge is 0.372 e. The third-order valence-electron chi connectivity index (χ3n) is 4.83. The SMILES string of the molecule is CCN(CC)c1ccc(N(CC(=O)Nc2ccc(C(C)C)cc2)C(C)=O)cc1. The van der Waals surface area contributed by atoms with Crippen LogP contribution >= 0.6 is 0 Å². The van der Waals surface area contributed by atoms with E-state index in [0.29, 0.717) is 11.6 Å². The molecule has 0 bridgehead atoms. The lowest BCUT2D eigenvalue weighted by Gasteiger charge is -2.24. The van der Waals surface area contributed by atoms with Crippen LogP contribution in [-0.4, -0.2) is 31.4 Å². The second-order valence-corrected chi connectivity index (χ2v) is 7.12. The normalized spacial score (nSPS) is 10.6. The van der Waals surface area contributed by atoms with Crippen molar-refractivity contribution in [3.05, 3.63) is 54.1 Å². The number of anilines is 3. The maximum absolute atomic E-state index is 12.5. The smallest absolute Gasteiger partial charge is 0.244 e. The summed E-state index contributed by atoms with van der Waals surface area (Å²) in [5, 5.41) is 2.87. The van der Waals surface area contributed by atoms with Gasteiger partial charge in [0.1, 0.15) is 6.54 Å². The summed E-state index contributed by atoms with van der Waals surface area (Å²) in [6.07, 6.45) is 0. The first-order valence-electron chi connectivity index (χ1n) is 9.88. The number of benzene rings is 2. The second-order valence-electron chi connectivity index (χ2n) is 7.12. The molecule has 0 unspecified atom stereocenters. The molecule has 2 aromatic carbocycles. The summed E-state index contributed by atoms with van der Waals surface area (Å²) in [5.74, 6) is 0.0541. The zero-order chi connectivity index (χ0) is 20.7. The lowest BCUT2D eigenvalue weighted by molar-refractivity contribution is -0.120. The van der Waals surface area contributed by atoms with E-state index in [0.717, 1.165) is 24.5 Å². The van der Waals surface area contributed by atoms with Gasteiger partial charge in [0.05, 0.1) is 0 Å². The first-order chi connectivity index (χ1) is 13.3. The molecule has 0 spiro atoms. The molecule has 0 radical (unpaired) electrons. The molecule has 0 aliphatic carbocycles. The molecule has 0 aliphatic rings. The van der Waals surface area contributed by atoms with Crippen LogP contribution in [0.2, 0.25) is 0 Å². The highest BCUT2D eigenvalue weighted by molar-refractivity contribution is 6.01. The van der Waals surface area contributed by atoms with Gasteiger partial charge < -0.3 is 15.1 Å². The molecule has 0 atom stereocenters. The maximum Gasteiger partial charge on any atom is 0.244 e. The van der Waals surface area contributed by atoms with Gasteiger partial charge in [-0.2, -0.15) is 0 Å². The van der Waals surface area contributed by atoms with E-state index in [1.54, 1.807) is 0 Å². The van der Waals surface area contributed by atoms with E-state index in [9.17, 15) is 9.59 Å². The number of carbonyl (C=O) groups is 2. The number of nitrogens with one attached hydrogen (secondary N) is 1. The third kappa shape index (κ3) is 5.59. The van der Waals surface area contributed by atoms with Crippen molar-refractivity contribution in [3.8, 4) is 0 Å². The van der Waals surface area contributed by atoms with Gasteiger partial charge in [0.25, 0.3) is 0 Å². The Hall–Kier alpha value is -2.82. The number of carbonyl (C=O) groups excluding carboxylic acids is 2. The summed E-state index contributed by atoms with van der Waals surface area (Å²) < 4.78 is 0. The van der Waals surface area contributed by atoms with Crippen LogP contribution in [0.3, 0.4) is 0 Å². The average Bonchev–Trinajstić information content (AvgIpc) is 2.68. The van der Waals surface area contributed by atoms with Crippen LogP contribution in [-0.2, 0) is 9.59 Å². The molecule has 150 valence electrons. The minimum absolute atomic E-state index is 0.0219. The highest BCUT2D eigenvalue weighted by Gasteiger charge is 2.16. The van der Waals surface area contributed by atoms with Crippen molar-refractivity contribution >= 4 is 28.9 Å². The molecule has 5 heteroatoms. The van der Waals surface area contributed by atoms with Gasteiger partial charge in [-0.05, 0) is 61.7 Å². The third-order valence-corrected chi connectivity index (χ3v) is 4.83. The van der Waals surface area contributed by atoms with Crippen molar-refractivity contribution in [3.63, 3.8) is 0 Å². The Balaban J connectivity index is 2.07. The molecule has 2 aromatic rings. The zero-order valence-corrected chi connectivity index (χ0v) is 17.5. The van der Waals surface area contributed by atoms with E-state index in [1.165, 1.54) is 17.4 Å². The van der Waals surface area contributed by atoms with Gasteiger partial charge in [-0.3, -0.25) is 9.59 Å². The summed E-state index contributed by atoms with van der Waals surface area (Å²) in [4.78, 5) is 28.3. The Morgan fingerprint density at radius 3 is 1.89 bits per heavy atom. The molecule has 5 nitrogen and oxygen atoms in total. The monoisotopic (exact) mass is 381 g/mol.